The Balaban J connectivity index is 2.67. The Morgan fingerprint density at radius 1 is 0.955 bits per heavy atom. The second-order valence-corrected chi connectivity index (χ2v) is 7.59. The molecular weight excluding hydrogens is 280 g/mol. The van der Waals surface area contributed by atoms with Gasteiger partial charge in [-0.3, -0.25) is 0 Å². The number of hydrogen-bond acceptors (Lipinski definition) is 4. The summed E-state index contributed by atoms with van der Waals surface area (Å²) in [6, 6.07) is 0. The van der Waals surface area contributed by atoms with Crippen molar-refractivity contribution in [2.75, 3.05) is 6.61 Å². The summed E-state index contributed by atoms with van der Waals surface area (Å²) in [5, 5.41) is 0. The third-order valence-corrected chi connectivity index (χ3v) is 5.42. The fourth-order valence-corrected chi connectivity index (χ4v) is 2.73. The zero-order valence-corrected chi connectivity index (χ0v) is 15.3. The largest absolute Gasteiger partial charge is 0.462 e. The first-order valence-corrected chi connectivity index (χ1v) is 8.79. The Kier molecular flexibility index (Phi) is 6.87. The van der Waals surface area contributed by atoms with Crippen molar-refractivity contribution in [3.63, 3.8) is 0 Å². The molecule has 4 heteroatoms. The second kappa shape index (κ2) is 7.78. The van der Waals surface area contributed by atoms with E-state index in [2.05, 4.69) is 27.7 Å². The number of hydrogen-bond donors (Lipinski definition) is 0. The molecule has 0 atom stereocenters. The van der Waals surface area contributed by atoms with Crippen LogP contribution in [0.15, 0.2) is 0 Å². The average Bonchev–Trinajstić information content (AvgIpc) is 3.25. The van der Waals surface area contributed by atoms with E-state index < -0.39 is 11.2 Å². The van der Waals surface area contributed by atoms with Gasteiger partial charge in [-0.15, -0.1) is 0 Å². The lowest BCUT2D eigenvalue weighted by Gasteiger charge is -2.42. The van der Waals surface area contributed by atoms with Crippen molar-refractivity contribution >= 4 is 5.97 Å². The SMILES string of the molecule is CCCCCCC(C)(C)C(C)(C)C1(C(=O)OCCCC)OO1. The molecule has 0 aromatic carbocycles. The maximum absolute atomic E-state index is 12.4. The number of rotatable bonds is 11. The molecular formula is C18H34O4. The molecule has 0 N–H and O–H groups in total. The topological polar surface area (TPSA) is 51.4 Å². The summed E-state index contributed by atoms with van der Waals surface area (Å²) in [5.74, 6) is -1.61. The number of unbranched alkanes of at least 4 members (excludes halogenated alkanes) is 4. The van der Waals surface area contributed by atoms with Crippen LogP contribution in [-0.2, 0) is 19.3 Å². The molecule has 1 aliphatic rings. The molecule has 0 bridgehead atoms. The molecule has 1 saturated heterocycles. The molecule has 0 radical (unpaired) electrons. The van der Waals surface area contributed by atoms with Gasteiger partial charge in [0.1, 0.15) is 0 Å². The molecule has 0 aromatic heterocycles. The van der Waals surface area contributed by atoms with E-state index in [0.29, 0.717) is 6.61 Å². The molecule has 0 aliphatic carbocycles. The van der Waals surface area contributed by atoms with Crippen molar-refractivity contribution in [1.82, 2.24) is 0 Å². The summed E-state index contributed by atoms with van der Waals surface area (Å²) in [6.45, 7) is 13.2. The first-order valence-electron chi connectivity index (χ1n) is 8.79. The van der Waals surface area contributed by atoms with Crippen LogP contribution in [0.25, 0.3) is 0 Å². The van der Waals surface area contributed by atoms with Crippen LogP contribution in [0, 0.1) is 10.8 Å². The Labute approximate surface area is 135 Å². The van der Waals surface area contributed by atoms with Crippen molar-refractivity contribution < 1.29 is 19.3 Å². The minimum atomic E-state index is -1.23. The number of ether oxygens (including phenoxy) is 1. The zero-order chi connectivity index (χ0) is 16.9. The molecule has 4 nitrogen and oxygen atoms in total. The first kappa shape index (κ1) is 19.4. The van der Waals surface area contributed by atoms with E-state index in [1.54, 1.807) is 0 Å². The van der Waals surface area contributed by atoms with Gasteiger partial charge in [-0.1, -0.05) is 73.6 Å². The summed E-state index contributed by atoms with van der Waals surface area (Å²) in [6.07, 6.45) is 7.77. The Morgan fingerprint density at radius 2 is 1.55 bits per heavy atom. The molecule has 1 aliphatic heterocycles. The van der Waals surface area contributed by atoms with Crippen LogP contribution in [0.3, 0.4) is 0 Å². The molecule has 1 rings (SSSR count). The minimum absolute atomic E-state index is 0.0823. The fourth-order valence-electron chi connectivity index (χ4n) is 2.73. The predicted molar refractivity (Wildman–Crippen MR) is 87.1 cm³/mol. The molecule has 0 spiro atoms. The highest BCUT2D eigenvalue weighted by Gasteiger charge is 2.72. The van der Waals surface area contributed by atoms with Crippen molar-refractivity contribution in [3.8, 4) is 0 Å². The van der Waals surface area contributed by atoms with Gasteiger partial charge in [-0.25, -0.2) is 4.79 Å². The number of esters is 1. The van der Waals surface area contributed by atoms with Crippen LogP contribution < -0.4 is 0 Å². The highest BCUT2D eigenvalue weighted by molar-refractivity contribution is 5.80. The number of carbonyl (C=O) groups excluding carboxylic acids is 1. The molecule has 0 amide bonds. The van der Waals surface area contributed by atoms with E-state index in [1.807, 2.05) is 13.8 Å². The van der Waals surface area contributed by atoms with Gasteiger partial charge in [0.25, 0.3) is 0 Å². The highest BCUT2D eigenvalue weighted by atomic mass is 17.4. The van der Waals surface area contributed by atoms with Crippen LogP contribution in [-0.4, -0.2) is 18.4 Å². The predicted octanol–water partition coefficient (Wildman–Crippen LogP) is 5.01. The van der Waals surface area contributed by atoms with E-state index in [9.17, 15) is 4.79 Å². The minimum Gasteiger partial charge on any atom is -0.462 e. The van der Waals surface area contributed by atoms with Gasteiger partial charge in [-0.05, 0) is 18.3 Å². The average molecular weight is 314 g/mol. The Bertz CT molecular complexity index is 356. The lowest BCUT2D eigenvalue weighted by Crippen LogP contribution is -2.50. The summed E-state index contributed by atoms with van der Waals surface area (Å²) >= 11 is 0. The third-order valence-electron chi connectivity index (χ3n) is 5.42. The second-order valence-electron chi connectivity index (χ2n) is 7.59. The third kappa shape index (κ3) is 4.02. The first-order chi connectivity index (χ1) is 10.2. The van der Waals surface area contributed by atoms with Crippen LogP contribution in [0.5, 0.6) is 0 Å². The Morgan fingerprint density at radius 3 is 2.05 bits per heavy atom. The van der Waals surface area contributed by atoms with Gasteiger partial charge in [0, 0.05) is 5.41 Å². The summed E-state index contributed by atoms with van der Waals surface area (Å²) < 4.78 is 5.35. The lowest BCUT2D eigenvalue weighted by atomic mass is 9.61. The summed E-state index contributed by atoms with van der Waals surface area (Å²) in [7, 11) is 0. The van der Waals surface area contributed by atoms with Crippen molar-refractivity contribution in [2.24, 2.45) is 10.8 Å². The van der Waals surface area contributed by atoms with Gasteiger partial charge in [0.2, 0.25) is 0 Å². The molecule has 22 heavy (non-hydrogen) atoms. The highest BCUT2D eigenvalue weighted by Crippen LogP contribution is 2.57. The molecule has 0 unspecified atom stereocenters. The maximum Gasteiger partial charge on any atom is 0.373 e. The van der Waals surface area contributed by atoms with Gasteiger partial charge in [0.15, 0.2) is 0 Å². The Hall–Kier alpha value is -0.610. The normalized spacial score (nSPS) is 17.4. The van der Waals surface area contributed by atoms with E-state index in [0.717, 1.165) is 25.7 Å². The maximum atomic E-state index is 12.4. The van der Waals surface area contributed by atoms with Gasteiger partial charge >= 0.3 is 11.8 Å². The van der Waals surface area contributed by atoms with Gasteiger partial charge < -0.3 is 4.74 Å². The molecule has 1 fully saturated rings. The lowest BCUT2D eigenvalue weighted by molar-refractivity contribution is -0.162. The van der Waals surface area contributed by atoms with Crippen molar-refractivity contribution in [3.05, 3.63) is 0 Å². The van der Waals surface area contributed by atoms with Crippen LogP contribution in [0.1, 0.15) is 86.5 Å². The van der Waals surface area contributed by atoms with E-state index in [-0.39, 0.29) is 11.4 Å². The van der Waals surface area contributed by atoms with Crippen molar-refractivity contribution in [1.29, 1.82) is 0 Å². The quantitative estimate of drug-likeness (QED) is 0.233. The van der Waals surface area contributed by atoms with Gasteiger partial charge in [-0.2, -0.15) is 9.78 Å². The standard InChI is InChI=1S/C18H34O4/c1-7-9-11-12-13-16(3,4)17(5,6)18(21-22-18)15(19)20-14-10-8-2/h7-14H2,1-6H3. The van der Waals surface area contributed by atoms with E-state index in [1.165, 1.54) is 19.3 Å². The smallest absolute Gasteiger partial charge is 0.373 e. The summed E-state index contributed by atoms with van der Waals surface area (Å²) in [5.41, 5.74) is -0.531. The molecule has 0 aromatic rings. The molecule has 130 valence electrons. The monoisotopic (exact) mass is 314 g/mol. The zero-order valence-electron chi connectivity index (χ0n) is 15.3. The molecule has 1 heterocycles. The van der Waals surface area contributed by atoms with Crippen molar-refractivity contribution in [2.45, 2.75) is 92.3 Å². The fraction of sp³-hybridized carbons (Fsp3) is 0.944. The van der Waals surface area contributed by atoms with Crippen LogP contribution >= 0.6 is 0 Å². The number of carbonyl (C=O) groups is 1. The van der Waals surface area contributed by atoms with E-state index in [4.69, 9.17) is 14.5 Å². The van der Waals surface area contributed by atoms with Crippen LogP contribution in [0.4, 0.5) is 0 Å². The molecule has 0 saturated carbocycles. The van der Waals surface area contributed by atoms with E-state index >= 15 is 0 Å². The summed E-state index contributed by atoms with van der Waals surface area (Å²) in [4.78, 5) is 22.8. The van der Waals surface area contributed by atoms with Crippen LogP contribution in [0.2, 0.25) is 0 Å². The van der Waals surface area contributed by atoms with Gasteiger partial charge in [0.05, 0.1) is 6.61 Å².